The maximum absolute atomic E-state index is 12.9. The van der Waals surface area contributed by atoms with Gasteiger partial charge in [-0.25, -0.2) is 8.42 Å². The van der Waals surface area contributed by atoms with Gasteiger partial charge in [0.25, 0.3) is 10.0 Å². The van der Waals surface area contributed by atoms with E-state index in [0.717, 1.165) is 23.6 Å². The number of hydrogen-bond donors (Lipinski definition) is 2. The summed E-state index contributed by atoms with van der Waals surface area (Å²) < 4.78 is 28.5. The van der Waals surface area contributed by atoms with Crippen LogP contribution in [0.1, 0.15) is 16.7 Å². The highest BCUT2D eigenvalue weighted by atomic mass is 32.2. The Hall–Kier alpha value is -2.86. The predicted molar refractivity (Wildman–Crippen MR) is 101 cm³/mol. The van der Waals surface area contributed by atoms with Crippen LogP contribution in [0.25, 0.3) is 10.8 Å². The molecule has 0 saturated heterocycles. The second kappa shape index (κ2) is 5.32. The molecule has 130 valence electrons. The Morgan fingerprint density at radius 1 is 0.923 bits per heavy atom. The van der Waals surface area contributed by atoms with Crippen molar-refractivity contribution in [1.29, 1.82) is 0 Å². The minimum absolute atomic E-state index is 0.116. The second-order valence-electron chi connectivity index (χ2n) is 6.76. The molecular formula is C20H16N2O3S. The summed E-state index contributed by atoms with van der Waals surface area (Å²) in [5.74, 6) is -0.116. The Balaban J connectivity index is 1.57. The van der Waals surface area contributed by atoms with Crippen LogP contribution in [0, 0.1) is 0 Å². The average Bonchev–Trinajstić information content (AvgIpc) is 3.20. The standard InChI is InChI=1S/C20H16N2O3S/c23-19-11-14-10-15(7-9-17(14)21-19)26(24,25)22-18-8-6-13-5-4-12-2-1-3-16(18)20(12)13/h1-3,6-10,22H,4-5,11H2,(H,21,23). The first-order chi connectivity index (χ1) is 12.5. The molecule has 0 atom stereocenters. The van der Waals surface area contributed by atoms with Gasteiger partial charge in [-0.15, -0.1) is 0 Å². The third-order valence-corrected chi connectivity index (χ3v) is 6.50. The van der Waals surface area contributed by atoms with Crippen LogP contribution in [0.2, 0.25) is 0 Å². The van der Waals surface area contributed by atoms with E-state index in [2.05, 4.69) is 16.1 Å². The van der Waals surface area contributed by atoms with E-state index in [9.17, 15) is 13.2 Å². The zero-order valence-electron chi connectivity index (χ0n) is 13.9. The number of nitrogens with one attached hydrogen (secondary N) is 2. The van der Waals surface area contributed by atoms with Gasteiger partial charge in [-0.2, -0.15) is 0 Å². The molecule has 3 aromatic carbocycles. The van der Waals surface area contributed by atoms with Gasteiger partial charge >= 0.3 is 0 Å². The van der Waals surface area contributed by atoms with Crippen molar-refractivity contribution < 1.29 is 13.2 Å². The van der Waals surface area contributed by atoms with Crippen molar-refractivity contribution in [2.75, 3.05) is 10.0 Å². The Morgan fingerprint density at radius 2 is 1.73 bits per heavy atom. The highest BCUT2D eigenvalue weighted by Crippen LogP contribution is 2.36. The maximum atomic E-state index is 12.9. The third-order valence-electron chi connectivity index (χ3n) is 5.13. The molecule has 5 nitrogen and oxygen atoms in total. The van der Waals surface area contributed by atoms with E-state index < -0.39 is 10.0 Å². The van der Waals surface area contributed by atoms with E-state index in [1.165, 1.54) is 17.2 Å². The van der Waals surface area contributed by atoms with Crippen molar-refractivity contribution in [1.82, 2.24) is 0 Å². The van der Waals surface area contributed by atoms with E-state index in [1.54, 1.807) is 12.1 Å². The number of rotatable bonds is 3. The van der Waals surface area contributed by atoms with E-state index in [-0.39, 0.29) is 17.2 Å². The molecule has 6 heteroatoms. The van der Waals surface area contributed by atoms with E-state index >= 15 is 0 Å². The fourth-order valence-corrected chi connectivity index (χ4v) is 5.04. The fourth-order valence-electron chi connectivity index (χ4n) is 3.91. The van der Waals surface area contributed by atoms with E-state index in [1.807, 2.05) is 24.3 Å². The number of carbonyl (C=O) groups excluding carboxylic acids is 1. The number of hydrogen-bond acceptors (Lipinski definition) is 3. The van der Waals surface area contributed by atoms with Crippen LogP contribution in [0.3, 0.4) is 0 Å². The lowest BCUT2D eigenvalue weighted by Gasteiger charge is -2.13. The van der Waals surface area contributed by atoms with Gasteiger partial charge < -0.3 is 5.32 Å². The summed E-state index contributed by atoms with van der Waals surface area (Å²) in [6, 6.07) is 14.6. The first-order valence-electron chi connectivity index (χ1n) is 8.50. The van der Waals surface area contributed by atoms with Gasteiger partial charge in [0.2, 0.25) is 5.91 Å². The van der Waals surface area contributed by atoms with Gasteiger partial charge in [0, 0.05) is 11.1 Å². The Kier molecular flexibility index (Phi) is 3.15. The molecule has 1 aliphatic heterocycles. The number of carbonyl (C=O) groups is 1. The summed E-state index contributed by atoms with van der Waals surface area (Å²) in [5, 5.41) is 4.81. The van der Waals surface area contributed by atoms with Crippen LogP contribution in [-0.4, -0.2) is 14.3 Å². The molecular weight excluding hydrogens is 348 g/mol. The minimum Gasteiger partial charge on any atom is -0.326 e. The topological polar surface area (TPSA) is 75.3 Å². The Labute approximate surface area is 151 Å². The minimum atomic E-state index is -3.74. The summed E-state index contributed by atoms with van der Waals surface area (Å²) in [4.78, 5) is 11.7. The number of anilines is 2. The van der Waals surface area contributed by atoms with Crippen LogP contribution >= 0.6 is 0 Å². The molecule has 0 unspecified atom stereocenters. The van der Waals surface area contributed by atoms with Crippen LogP contribution in [0.4, 0.5) is 11.4 Å². The third kappa shape index (κ3) is 2.29. The molecule has 1 aliphatic carbocycles. The Morgan fingerprint density at radius 3 is 2.58 bits per heavy atom. The number of sulfonamides is 1. The molecule has 0 aromatic heterocycles. The molecule has 5 rings (SSSR count). The van der Waals surface area contributed by atoms with Crippen LogP contribution in [0.5, 0.6) is 0 Å². The van der Waals surface area contributed by atoms with E-state index in [0.29, 0.717) is 16.9 Å². The molecule has 3 aromatic rings. The monoisotopic (exact) mass is 364 g/mol. The number of fused-ring (bicyclic) bond motifs is 1. The largest absolute Gasteiger partial charge is 0.326 e. The molecule has 0 fully saturated rings. The van der Waals surface area contributed by atoms with Crippen molar-refractivity contribution >= 4 is 38.1 Å². The lowest BCUT2D eigenvalue weighted by molar-refractivity contribution is -0.115. The van der Waals surface area contributed by atoms with Gasteiger partial charge in [0.1, 0.15) is 0 Å². The predicted octanol–water partition coefficient (Wildman–Crippen LogP) is 3.23. The summed E-state index contributed by atoms with van der Waals surface area (Å²) in [7, 11) is -3.74. The van der Waals surface area contributed by atoms with Crippen molar-refractivity contribution in [3.8, 4) is 0 Å². The lowest BCUT2D eigenvalue weighted by Crippen LogP contribution is -2.13. The molecule has 0 spiro atoms. The van der Waals surface area contributed by atoms with Gasteiger partial charge in [-0.3, -0.25) is 9.52 Å². The highest BCUT2D eigenvalue weighted by molar-refractivity contribution is 7.92. The quantitative estimate of drug-likeness (QED) is 0.749. The van der Waals surface area contributed by atoms with Crippen molar-refractivity contribution in [3.05, 3.63) is 65.2 Å². The summed E-state index contributed by atoms with van der Waals surface area (Å²) in [6.45, 7) is 0. The van der Waals surface area contributed by atoms with Gasteiger partial charge in [-0.1, -0.05) is 24.3 Å². The summed E-state index contributed by atoms with van der Waals surface area (Å²) in [6.07, 6.45) is 2.20. The van der Waals surface area contributed by atoms with Gasteiger partial charge in [-0.05, 0) is 59.2 Å². The van der Waals surface area contributed by atoms with E-state index in [4.69, 9.17) is 0 Å². The number of benzene rings is 3. The zero-order chi connectivity index (χ0) is 17.9. The first kappa shape index (κ1) is 15.4. The van der Waals surface area contributed by atoms with Gasteiger partial charge in [0.15, 0.2) is 0 Å². The summed E-state index contributed by atoms with van der Waals surface area (Å²) in [5.41, 5.74) is 4.50. The molecule has 1 amide bonds. The molecule has 1 heterocycles. The molecule has 0 saturated carbocycles. The molecule has 26 heavy (non-hydrogen) atoms. The second-order valence-corrected chi connectivity index (χ2v) is 8.44. The van der Waals surface area contributed by atoms with Crippen molar-refractivity contribution in [2.24, 2.45) is 0 Å². The highest BCUT2D eigenvalue weighted by Gasteiger charge is 2.23. The average molecular weight is 364 g/mol. The van der Waals surface area contributed by atoms with Crippen molar-refractivity contribution in [3.63, 3.8) is 0 Å². The Bertz CT molecular complexity index is 1190. The molecule has 0 bridgehead atoms. The van der Waals surface area contributed by atoms with Gasteiger partial charge in [0.05, 0.1) is 17.0 Å². The fraction of sp³-hybridized carbons (Fsp3) is 0.150. The SMILES string of the molecule is O=C1Cc2cc(S(=O)(=O)Nc3ccc4c5c(cccc35)CC4)ccc2N1. The molecule has 0 radical (unpaired) electrons. The summed E-state index contributed by atoms with van der Waals surface area (Å²) >= 11 is 0. The molecule has 2 N–H and O–H groups in total. The van der Waals surface area contributed by atoms with Crippen molar-refractivity contribution in [2.45, 2.75) is 24.2 Å². The molecule has 2 aliphatic rings. The smallest absolute Gasteiger partial charge is 0.261 e. The zero-order valence-corrected chi connectivity index (χ0v) is 14.7. The van der Waals surface area contributed by atoms with Crippen LogP contribution < -0.4 is 10.0 Å². The number of aryl methyl sites for hydroxylation is 2. The normalized spacial score (nSPS) is 15.2. The van der Waals surface area contributed by atoms with Crippen LogP contribution in [0.15, 0.2) is 53.4 Å². The number of amides is 1. The van der Waals surface area contributed by atoms with Crippen LogP contribution in [-0.2, 0) is 34.1 Å². The first-order valence-corrected chi connectivity index (χ1v) is 9.99. The maximum Gasteiger partial charge on any atom is 0.261 e. The lowest BCUT2D eigenvalue weighted by atomic mass is 10.0.